The van der Waals surface area contributed by atoms with E-state index in [2.05, 4.69) is 27.6 Å². The number of carbonyl (C=O) groups is 1. The van der Waals surface area contributed by atoms with E-state index in [0.717, 1.165) is 19.3 Å². The molecule has 0 atom stereocenters. The molecular formula is C17H18N4O4. The van der Waals surface area contributed by atoms with Crippen molar-refractivity contribution >= 4 is 11.9 Å². The molecule has 25 heavy (non-hydrogen) atoms. The molecule has 1 aromatic carbocycles. The van der Waals surface area contributed by atoms with Gasteiger partial charge >= 0.3 is 6.01 Å². The van der Waals surface area contributed by atoms with Crippen LogP contribution in [-0.4, -0.2) is 27.9 Å². The van der Waals surface area contributed by atoms with E-state index in [-0.39, 0.29) is 17.8 Å². The predicted molar refractivity (Wildman–Crippen MR) is 89.2 cm³/mol. The number of rotatable bonds is 8. The Kier molecular flexibility index (Phi) is 5.40. The van der Waals surface area contributed by atoms with Crippen LogP contribution in [0.3, 0.4) is 0 Å². The maximum absolute atomic E-state index is 12.3. The highest BCUT2D eigenvalue weighted by atomic mass is 16.5. The summed E-state index contributed by atoms with van der Waals surface area (Å²) in [6, 6.07) is 8.50. The van der Waals surface area contributed by atoms with Gasteiger partial charge in [-0.1, -0.05) is 36.1 Å². The van der Waals surface area contributed by atoms with Crippen molar-refractivity contribution in [2.75, 3.05) is 11.9 Å². The Morgan fingerprint density at radius 1 is 1.24 bits per heavy atom. The van der Waals surface area contributed by atoms with E-state index in [1.54, 1.807) is 24.3 Å². The third-order valence-corrected chi connectivity index (χ3v) is 3.41. The SMILES string of the molecule is CCCCCOc1cccc(C(=O)Nc2nnc(-c3ccno3)o2)c1. The van der Waals surface area contributed by atoms with Crippen molar-refractivity contribution in [1.82, 2.24) is 15.4 Å². The number of hydrogen-bond donors (Lipinski definition) is 1. The second-order valence-electron chi connectivity index (χ2n) is 5.33. The van der Waals surface area contributed by atoms with Gasteiger partial charge in [0.05, 0.1) is 12.8 Å². The first-order valence-electron chi connectivity index (χ1n) is 8.05. The van der Waals surface area contributed by atoms with Gasteiger partial charge in [-0.05, 0) is 24.6 Å². The van der Waals surface area contributed by atoms with Crippen LogP contribution in [-0.2, 0) is 0 Å². The molecule has 0 spiro atoms. The Hall–Kier alpha value is -3.16. The Balaban J connectivity index is 1.61. The lowest BCUT2D eigenvalue weighted by Gasteiger charge is -2.07. The van der Waals surface area contributed by atoms with Gasteiger partial charge in [0.2, 0.25) is 5.76 Å². The molecule has 8 nitrogen and oxygen atoms in total. The molecule has 8 heteroatoms. The Morgan fingerprint density at radius 3 is 2.96 bits per heavy atom. The molecule has 3 rings (SSSR count). The molecule has 2 aromatic heterocycles. The summed E-state index contributed by atoms with van der Waals surface area (Å²) in [5.41, 5.74) is 0.437. The molecule has 130 valence electrons. The predicted octanol–water partition coefficient (Wildman–Crippen LogP) is 3.55. The highest BCUT2D eigenvalue weighted by Gasteiger charge is 2.15. The second kappa shape index (κ2) is 8.09. The third-order valence-electron chi connectivity index (χ3n) is 3.41. The van der Waals surface area contributed by atoms with Crippen LogP contribution >= 0.6 is 0 Å². The second-order valence-corrected chi connectivity index (χ2v) is 5.33. The fourth-order valence-electron chi connectivity index (χ4n) is 2.14. The molecule has 0 unspecified atom stereocenters. The van der Waals surface area contributed by atoms with E-state index in [1.165, 1.54) is 6.20 Å². The van der Waals surface area contributed by atoms with Crippen LogP contribution in [0.15, 0.2) is 45.5 Å². The van der Waals surface area contributed by atoms with Crippen molar-refractivity contribution in [1.29, 1.82) is 0 Å². The minimum Gasteiger partial charge on any atom is -0.494 e. The number of aromatic nitrogens is 3. The summed E-state index contributed by atoms with van der Waals surface area (Å²) in [6.07, 6.45) is 4.69. The lowest BCUT2D eigenvalue weighted by molar-refractivity contribution is 0.102. The quantitative estimate of drug-likeness (QED) is 0.624. The molecule has 1 amide bonds. The molecule has 0 bridgehead atoms. The Labute approximate surface area is 144 Å². The Bertz CT molecular complexity index is 814. The van der Waals surface area contributed by atoms with Crippen LogP contribution < -0.4 is 10.1 Å². The summed E-state index contributed by atoms with van der Waals surface area (Å²) in [5.74, 6) is 0.750. The number of ether oxygens (including phenoxy) is 1. The molecule has 0 saturated heterocycles. The monoisotopic (exact) mass is 342 g/mol. The standard InChI is InChI=1S/C17H18N4O4/c1-2-3-4-10-23-13-7-5-6-12(11-13)15(22)19-17-21-20-16(24-17)14-8-9-18-25-14/h5-9,11H,2-4,10H2,1H3,(H,19,21,22). The average Bonchev–Trinajstić information content (AvgIpc) is 3.30. The molecule has 0 aliphatic carbocycles. The first kappa shape index (κ1) is 16.7. The highest BCUT2D eigenvalue weighted by Crippen LogP contribution is 2.20. The number of nitrogens with zero attached hydrogens (tertiary/aromatic N) is 3. The minimum atomic E-state index is -0.369. The fraction of sp³-hybridized carbons (Fsp3) is 0.294. The van der Waals surface area contributed by atoms with Crippen LogP contribution in [0.25, 0.3) is 11.7 Å². The van der Waals surface area contributed by atoms with E-state index in [0.29, 0.717) is 23.7 Å². The maximum atomic E-state index is 12.3. The van der Waals surface area contributed by atoms with Crippen LogP contribution in [0.5, 0.6) is 5.75 Å². The van der Waals surface area contributed by atoms with Gasteiger partial charge in [0.25, 0.3) is 11.8 Å². The lowest BCUT2D eigenvalue weighted by Crippen LogP contribution is -2.12. The normalized spacial score (nSPS) is 10.6. The number of anilines is 1. The van der Waals surface area contributed by atoms with Gasteiger partial charge in [-0.2, -0.15) is 0 Å². The van der Waals surface area contributed by atoms with E-state index in [9.17, 15) is 4.79 Å². The highest BCUT2D eigenvalue weighted by molar-refractivity contribution is 6.03. The van der Waals surface area contributed by atoms with Crippen molar-refractivity contribution in [3.05, 3.63) is 42.1 Å². The number of nitrogens with one attached hydrogen (secondary N) is 1. The lowest BCUT2D eigenvalue weighted by atomic mass is 10.2. The van der Waals surface area contributed by atoms with Crippen LogP contribution in [0, 0.1) is 0 Å². The van der Waals surface area contributed by atoms with E-state index in [1.807, 2.05) is 6.07 Å². The van der Waals surface area contributed by atoms with Crippen LogP contribution in [0.2, 0.25) is 0 Å². The molecule has 0 aliphatic heterocycles. The average molecular weight is 342 g/mol. The zero-order valence-corrected chi connectivity index (χ0v) is 13.8. The van der Waals surface area contributed by atoms with Crippen molar-refractivity contribution in [2.45, 2.75) is 26.2 Å². The number of amides is 1. The van der Waals surface area contributed by atoms with Gasteiger partial charge < -0.3 is 13.7 Å². The topological polar surface area (TPSA) is 103 Å². The van der Waals surface area contributed by atoms with Gasteiger partial charge in [-0.25, -0.2) is 0 Å². The summed E-state index contributed by atoms with van der Waals surface area (Å²) in [5, 5.41) is 13.7. The molecule has 0 radical (unpaired) electrons. The summed E-state index contributed by atoms with van der Waals surface area (Å²) in [6.45, 7) is 2.76. The molecule has 0 fully saturated rings. The number of carbonyl (C=O) groups excluding carboxylic acids is 1. The molecule has 2 heterocycles. The summed E-state index contributed by atoms with van der Waals surface area (Å²) in [7, 11) is 0. The summed E-state index contributed by atoms with van der Waals surface area (Å²) in [4.78, 5) is 12.3. The number of hydrogen-bond acceptors (Lipinski definition) is 7. The third kappa shape index (κ3) is 4.43. The van der Waals surface area contributed by atoms with E-state index >= 15 is 0 Å². The minimum absolute atomic E-state index is 0.0225. The molecule has 1 N–H and O–H groups in total. The number of benzene rings is 1. The van der Waals surface area contributed by atoms with Crippen molar-refractivity contribution < 1.29 is 18.5 Å². The molecule has 0 aliphatic rings. The smallest absolute Gasteiger partial charge is 0.322 e. The van der Waals surface area contributed by atoms with Gasteiger partial charge in [0.15, 0.2) is 0 Å². The van der Waals surface area contributed by atoms with Gasteiger partial charge in [0, 0.05) is 11.6 Å². The van der Waals surface area contributed by atoms with Crippen molar-refractivity contribution in [3.63, 3.8) is 0 Å². The van der Waals surface area contributed by atoms with E-state index < -0.39 is 0 Å². The van der Waals surface area contributed by atoms with Crippen LogP contribution in [0.1, 0.15) is 36.5 Å². The van der Waals surface area contributed by atoms with Gasteiger partial charge in [-0.3, -0.25) is 10.1 Å². The first-order valence-corrected chi connectivity index (χ1v) is 8.05. The zero-order valence-electron chi connectivity index (χ0n) is 13.8. The number of unbranched alkanes of at least 4 members (excludes halogenated alkanes) is 2. The molecule has 3 aromatic rings. The summed E-state index contributed by atoms with van der Waals surface area (Å²) >= 11 is 0. The van der Waals surface area contributed by atoms with E-state index in [4.69, 9.17) is 13.7 Å². The Morgan fingerprint density at radius 2 is 2.16 bits per heavy atom. The first-order chi connectivity index (χ1) is 12.3. The maximum Gasteiger partial charge on any atom is 0.322 e. The largest absolute Gasteiger partial charge is 0.494 e. The zero-order chi connectivity index (χ0) is 17.5. The molecular weight excluding hydrogens is 324 g/mol. The van der Waals surface area contributed by atoms with Crippen LogP contribution in [0.4, 0.5) is 6.01 Å². The van der Waals surface area contributed by atoms with Gasteiger partial charge in [-0.15, -0.1) is 5.10 Å². The van der Waals surface area contributed by atoms with Crippen molar-refractivity contribution in [2.24, 2.45) is 0 Å². The fourth-order valence-corrected chi connectivity index (χ4v) is 2.14. The van der Waals surface area contributed by atoms with Crippen molar-refractivity contribution in [3.8, 4) is 17.4 Å². The summed E-state index contributed by atoms with van der Waals surface area (Å²) < 4.78 is 15.9. The van der Waals surface area contributed by atoms with Gasteiger partial charge in [0.1, 0.15) is 5.75 Å². The molecule has 0 saturated carbocycles.